The molecule has 0 bridgehead atoms. The minimum absolute atomic E-state index is 0.683. The molecular weight excluding hydrogens is 312 g/mol. The topological polar surface area (TPSA) is 55.9 Å². The van der Waals surface area contributed by atoms with Crippen molar-refractivity contribution < 1.29 is 4.52 Å². The van der Waals surface area contributed by atoms with Crippen molar-refractivity contribution in [3.8, 4) is 11.3 Å². The van der Waals surface area contributed by atoms with E-state index in [0.717, 1.165) is 39.4 Å². The molecule has 0 saturated heterocycles. The maximum Gasteiger partial charge on any atom is 0.138 e. The fraction of sp³-hybridized carbons (Fsp3) is 0.200. The second-order valence-corrected chi connectivity index (χ2v) is 6.11. The summed E-state index contributed by atoms with van der Waals surface area (Å²) in [7, 11) is 2.05. The summed E-state index contributed by atoms with van der Waals surface area (Å²) in [5.74, 6) is 1.85. The summed E-state index contributed by atoms with van der Waals surface area (Å²) in [6, 6.07) is 18.3. The Labute approximate surface area is 146 Å². The minimum Gasteiger partial charge on any atom is -0.361 e. The lowest BCUT2D eigenvalue weighted by atomic mass is 10.1. The van der Waals surface area contributed by atoms with E-state index < -0.39 is 0 Å². The molecule has 0 unspecified atom stereocenters. The van der Waals surface area contributed by atoms with E-state index in [-0.39, 0.29) is 0 Å². The third kappa shape index (κ3) is 2.94. The first-order chi connectivity index (χ1) is 12.2. The first kappa shape index (κ1) is 15.6. The van der Waals surface area contributed by atoms with Gasteiger partial charge in [-0.05, 0) is 19.1 Å². The van der Waals surface area contributed by atoms with Crippen molar-refractivity contribution in [1.29, 1.82) is 0 Å². The predicted octanol–water partition coefficient (Wildman–Crippen LogP) is 3.83. The molecule has 0 aliphatic heterocycles. The Morgan fingerprint density at radius 1 is 1.00 bits per heavy atom. The van der Waals surface area contributed by atoms with E-state index in [1.807, 2.05) is 62.5 Å². The van der Waals surface area contributed by atoms with Crippen molar-refractivity contribution in [2.45, 2.75) is 20.0 Å². The number of fused-ring (bicyclic) bond motifs is 1. The van der Waals surface area contributed by atoms with Gasteiger partial charge in [0.15, 0.2) is 0 Å². The summed E-state index contributed by atoms with van der Waals surface area (Å²) < 4.78 is 7.54. The van der Waals surface area contributed by atoms with Gasteiger partial charge in [-0.2, -0.15) is 0 Å². The number of aromatic nitrogens is 3. The summed E-state index contributed by atoms with van der Waals surface area (Å²) in [6.07, 6.45) is 0. The third-order valence-electron chi connectivity index (χ3n) is 4.50. The van der Waals surface area contributed by atoms with Crippen LogP contribution in [0.1, 0.15) is 17.1 Å². The summed E-state index contributed by atoms with van der Waals surface area (Å²) in [5.41, 5.74) is 5.22. The van der Waals surface area contributed by atoms with Crippen LogP contribution in [0.25, 0.3) is 22.3 Å². The van der Waals surface area contributed by atoms with E-state index in [4.69, 9.17) is 9.51 Å². The van der Waals surface area contributed by atoms with Crippen molar-refractivity contribution >= 4 is 11.0 Å². The molecule has 0 atom stereocenters. The molecule has 0 aliphatic rings. The van der Waals surface area contributed by atoms with Crippen LogP contribution < -0.4 is 5.32 Å². The molecule has 2 heterocycles. The second-order valence-electron chi connectivity index (χ2n) is 6.11. The molecule has 25 heavy (non-hydrogen) atoms. The van der Waals surface area contributed by atoms with Gasteiger partial charge in [-0.3, -0.25) is 0 Å². The Bertz CT molecular complexity index is 1000. The number of benzene rings is 2. The van der Waals surface area contributed by atoms with Crippen molar-refractivity contribution in [3.63, 3.8) is 0 Å². The lowest BCUT2D eigenvalue weighted by molar-refractivity contribution is 0.397. The monoisotopic (exact) mass is 332 g/mol. The number of rotatable bonds is 5. The largest absolute Gasteiger partial charge is 0.361 e. The van der Waals surface area contributed by atoms with E-state index >= 15 is 0 Å². The van der Waals surface area contributed by atoms with E-state index in [1.165, 1.54) is 0 Å². The normalized spacial score (nSPS) is 11.3. The zero-order valence-electron chi connectivity index (χ0n) is 14.4. The van der Waals surface area contributed by atoms with E-state index in [1.54, 1.807) is 0 Å². The Morgan fingerprint density at radius 3 is 2.56 bits per heavy atom. The Balaban J connectivity index is 1.52. The van der Waals surface area contributed by atoms with Crippen LogP contribution in [-0.2, 0) is 20.1 Å². The van der Waals surface area contributed by atoms with Gasteiger partial charge < -0.3 is 14.4 Å². The molecule has 4 aromatic rings. The maximum atomic E-state index is 5.41. The maximum absolute atomic E-state index is 5.41. The van der Waals surface area contributed by atoms with Gasteiger partial charge in [0.25, 0.3) is 0 Å². The van der Waals surface area contributed by atoms with Gasteiger partial charge in [0.05, 0.1) is 17.6 Å². The number of imidazole rings is 1. The molecule has 2 aromatic heterocycles. The predicted molar refractivity (Wildman–Crippen MR) is 97.9 cm³/mol. The molecule has 4 rings (SSSR count). The van der Waals surface area contributed by atoms with Crippen LogP contribution >= 0.6 is 0 Å². The molecule has 1 N–H and O–H groups in total. The highest BCUT2D eigenvalue weighted by Gasteiger charge is 2.14. The van der Waals surface area contributed by atoms with Gasteiger partial charge in [-0.1, -0.05) is 47.6 Å². The molecule has 126 valence electrons. The molecular formula is C20H20N4O. The molecule has 0 amide bonds. The summed E-state index contributed by atoms with van der Waals surface area (Å²) >= 11 is 0. The third-order valence-corrected chi connectivity index (χ3v) is 4.50. The Morgan fingerprint density at radius 2 is 1.76 bits per heavy atom. The van der Waals surface area contributed by atoms with Crippen molar-refractivity contribution in [3.05, 3.63) is 71.7 Å². The summed E-state index contributed by atoms with van der Waals surface area (Å²) in [6.45, 7) is 3.32. The number of aryl methyl sites for hydroxylation is 2. The van der Waals surface area contributed by atoms with Gasteiger partial charge in [0.1, 0.15) is 17.3 Å². The van der Waals surface area contributed by atoms with Crippen molar-refractivity contribution in [2.24, 2.45) is 7.05 Å². The lowest BCUT2D eigenvalue weighted by Crippen LogP contribution is -2.16. The van der Waals surface area contributed by atoms with Crippen LogP contribution in [-0.4, -0.2) is 14.7 Å². The second kappa shape index (κ2) is 6.53. The first-order valence-electron chi connectivity index (χ1n) is 8.35. The highest BCUT2D eigenvalue weighted by atomic mass is 16.5. The highest BCUT2D eigenvalue weighted by molar-refractivity contribution is 5.75. The van der Waals surface area contributed by atoms with Crippen molar-refractivity contribution in [2.75, 3.05) is 0 Å². The Hall–Kier alpha value is -2.92. The van der Waals surface area contributed by atoms with Gasteiger partial charge >= 0.3 is 0 Å². The smallest absolute Gasteiger partial charge is 0.138 e. The lowest BCUT2D eigenvalue weighted by Gasteiger charge is -2.06. The minimum atomic E-state index is 0.683. The first-order valence-corrected chi connectivity index (χ1v) is 8.35. The molecule has 2 aromatic carbocycles. The van der Waals surface area contributed by atoms with Crippen LogP contribution in [0.5, 0.6) is 0 Å². The van der Waals surface area contributed by atoms with Gasteiger partial charge in [0.2, 0.25) is 0 Å². The van der Waals surface area contributed by atoms with Crippen LogP contribution in [0.15, 0.2) is 59.1 Å². The average Bonchev–Trinajstić information content (AvgIpc) is 3.17. The van der Waals surface area contributed by atoms with Crippen LogP contribution in [0.4, 0.5) is 0 Å². The van der Waals surface area contributed by atoms with E-state index in [0.29, 0.717) is 13.1 Å². The quantitative estimate of drug-likeness (QED) is 0.603. The number of nitrogens with zero attached hydrogens (tertiary/aromatic N) is 3. The van der Waals surface area contributed by atoms with Gasteiger partial charge in [-0.15, -0.1) is 0 Å². The number of hydrogen-bond donors (Lipinski definition) is 1. The summed E-state index contributed by atoms with van der Waals surface area (Å²) in [5, 5.41) is 7.70. The molecule has 0 radical (unpaired) electrons. The fourth-order valence-corrected chi connectivity index (χ4v) is 3.08. The number of para-hydroxylation sites is 2. The molecule has 0 aliphatic carbocycles. The average molecular weight is 332 g/mol. The fourth-order valence-electron chi connectivity index (χ4n) is 3.08. The van der Waals surface area contributed by atoms with Crippen LogP contribution in [0.2, 0.25) is 0 Å². The van der Waals surface area contributed by atoms with Gasteiger partial charge in [0, 0.05) is 24.7 Å². The van der Waals surface area contributed by atoms with E-state index in [2.05, 4.69) is 21.1 Å². The molecule has 5 nitrogen and oxygen atoms in total. The SMILES string of the molecule is Cc1onc(-c2ccccc2)c1CNCc1nc2ccccc2n1C. The standard InChI is InChI=1S/C20H20N4O/c1-14-16(20(23-25-14)15-8-4-3-5-9-15)12-21-13-19-22-17-10-6-7-11-18(17)24(19)2/h3-11,21H,12-13H2,1-2H3. The van der Waals surface area contributed by atoms with E-state index in [9.17, 15) is 0 Å². The molecule has 0 spiro atoms. The van der Waals surface area contributed by atoms with Crippen LogP contribution in [0.3, 0.4) is 0 Å². The molecule has 0 fully saturated rings. The zero-order chi connectivity index (χ0) is 17.2. The van der Waals surface area contributed by atoms with Crippen molar-refractivity contribution in [1.82, 2.24) is 20.0 Å². The number of nitrogens with one attached hydrogen (secondary N) is 1. The molecule has 0 saturated carbocycles. The zero-order valence-corrected chi connectivity index (χ0v) is 14.4. The summed E-state index contributed by atoms with van der Waals surface area (Å²) in [4.78, 5) is 4.70. The van der Waals surface area contributed by atoms with Crippen LogP contribution in [0, 0.1) is 6.92 Å². The van der Waals surface area contributed by atoms with Gasteiger partial charge in [-0.25, -0.2) is 4.98 Å². The highest BCUT2D eigenvalue weighted by Crippen LogP contribution is 2.25. The number of hydrogen-bond acceptors (Lipinski definition) is 4. The molecule has 5 heteroatoms. The Kier molecular flexibility index (Phi) is 4.07.